The molecule has 2 heterocycles. The van der Waals surface area contributed by atoms with Crippen LogP contribution >= 0.6 is 0 Å². The summed E-state index contributed by atoms with van der Waals surface area (Å²) in [5, 5.41) is 7.50. The summed E-state index contributed by atoms with van der Waals surface area (Å²) in [5.41, 5.74) is 8.57. The smallest absolute Gasteiger partial charge is 0.147 e. The van der Waals surface area contributed by atoms with Gasteiger partial charge in [0.15, 0.2) is 0 Å². The zero-order chi connectivity index (χ0) is 11.5. The first-order valence-corrected chi connectivity index (χ1v) is 5.18. The first kappa shape index (κ1) is 10.5. The second-order valence-corrected chi connectivity index (χ2v) is 3.72. The highest BCUT2D eigenvalue weighted by atomic mass is 15.3. The molecule has 6 nitrogen and oxygen atoms in total. The molecule has 0 radical (unpaired) electrons. The van der Waals surface area contributed by atoms with Crippen LogP contribution in [-0.4, -0.2) is 26.3 Å². The van der Waals surface area contributed by atoms with E-state index in [1.165, 1.54) is 0 Å². The average molecular weight is 220 g/mol. The lowest BCUT2D eigenvalue weighted by Crippen LogP contribution is -2.10. The van der Waals surface area contributed by atoms with Gasteiger partial charge in [0.25, 0.3) is 0 Å². The van der Waals surface area contributed by atoms with Crippen LogP contribution in [0.2, 0.25) is 0 Å². The highest BCUT2D eigenvalue weighted by Crippen LogP contribution is 2.20. The third-order valence-corrected chi connectivity index (χ3v) is 2.51. The molecule has 0 saturated heterocycles. The molecule has 0 aliphatic rings. The number of nitrogens with zero attached hydrogens (tertiary/aromatic N) is 3. The number of hydrogen-bond donors (Lipinski definition) is 3. The van der Waals surface area contributed by atoms with E-state index in [-0.39, 0.29) is 0 Å². The van der Waals surface area contributed by atoms with Crippen molar-refractivity contribution < 1.29 is 0 Å². The van der Waals surface area contributed by atoms with Gasteiger partial charge in [0.2, 0.25) is 0 Å². The van der Waals surface area contributed by atoms with Crippen molar-refractivity contribution in [3.05, 3.63) is 23.9 Å². The maximum atomic E-state index is 5.90. The van der Waals surface area contributed by atoms with Crippen LogP contribution in [0.25, 0.3) is 0 Å². The summed E-state index contributed by atoms with van der Waals surface area (Å²) < 4.78 is 1.76. The number of imidazole rings is 1. The Morgan fingerprint density at radius 1 is 1.56 bits per heavy atom. The zero-order valence-electron chi connectivity index (χ0n) is 9.49. The molecular formula is C10H16N6. The lowest BCUT2D eigenvalue weighted by Gasteiger charge is -2.06. The number of anilines is 2. The fourth-order valence-electron chi connectivity index (χ4n) is 1.62. The van der Waals surface area contributed by atoms with Crippen LogP contribution in [0.4, 0.5) is 11.5 Å². The van der Waals surface area contributed by atoms with Crippen molar-refractivity contribution in [2.45, 2.75) is 13.3 Å². The van der Waals surface area contributed by atoms with E-state index < -0.39 is 0 Å². The lowest BCUT2D eigenvalue weighted by molar-refractivity contribution is 0.756. The molecule has 6 heteroatoms. The van der Waals surface area contributed by atoms with Crippen molar-refractivity contribution in [2.24, 2.45) is 7.05 Å². The van der Waals surface area contributed by atoms with Gasteiger partial charge in [0, 0.05) is 31.9 Å². The number of hydrogen-bond acceptors (Lipinski definition) is 4. The molecule has 86 valence electrons. The number of aryl methyl sites for hydroxylation is 2. The minimum absolute atomic E-state index is 0.715. The largest absolute Gasteiger partial charge is 0.394 e. The Morgan fingerprint density at radius 3 is 2.94 bits per heavy atom. The molecule has 0 atom stereocenters. The van der Waals surface area contributed by atoms with E-state index in [0.717, 1.165) is 30.2 Å². The molecule has 4 N–H and O–H groups in total. The van der Waals surface area contributed by atoms with E-state index in [1.807, 2.05) is 20.2 Å². The fraction of sp³-hybridized carbons (Fsp3) is 0.400. The van der Waals surface area contributed by atoms with E-state index >= 15 is 0 Å². The van der Waals surface area contributed by atoms with Crippen molar-refractivity contribution in [1.29, 1.82) is 0 Å². The molecule has 0 aliphatic carbocycles. The van der Waals surface area contributed by atoms with Gasteiger partial charge in [-0.15, -0.1) is 0 Å². The van der Waals surface area contributed by atoms with Gasteiger partial charge in [0.1, 0.15) is 5.82 Å². The van der Waals surface area contributed by atoms with Gasteiger partial charge in [-0.25, -0.2) is 4.98 Å². The molecule has 0 spiro atoms. The molecule has 0 saturated carbocycles. The Bertz CT molecular complexity index is 456. The summed E-state index contributed by atoms with van der Waals surface area (Å²) in [6.45, 7) is 2.70. The molecule has 2 aromatic rings. The van der Waals surface area contributed by atoms with Gasteiger partial charge in [-0.2, -0.15) is 5.10 Å². The number of rotatable bonds is 4. The van der Waals surface area contributed by atoms with Crippen molar-refractivity contribution in [3.8, 4) is 0 Å². The predicted molar refractivity (Wildman–Crippen MR) is 63.1 cm³/mol. The first-order chi connectivity index (χ1) is 7.68. The van der Waals surface area contributed by atoms with Crippen molar-refractivity contribution in [3.63, 3.8) is 0 Å². The minimum atomic E-state index is 0.715. The molecule has 2 rings (SSSR count). The molecule has 0 aromatic carbocycles. The molecule has 2 aromatic heterocycles. The number of aromatic nitrogens is 4. The quantitative estimate of drug-likeness (QED) is 0.707. The number of nitrogens with one attached hydrogen (secondary N) is 2. The summed E-state index contributed by atoms with van der Waals surface area (Å²) in [6.07, 6.45) is 4.38. The van der Waals surface area contributed by atoms with Crippen LogP contribution in [0.15, 0.2) is 12.5 Å². The number of nitrogens with two attached hydrogens (primary N) is 1. The minimum Gasteiger partial charge on any atom is -0.394 e. The highest BCUT2D eigenvalue weighted by molar-refractivity contribution is 5.64. The summed E-state index contributed by atoms with van der Waals surface area (Å²) in [7, 11) is 1.88. The van der Waals surface area contributed by atoms with Gasteiger partial charge in [0.05, 0.1) is 17.7 Å². The van der Waals surface area contributed by atoms with Crippen LogP contribution < -0.4 is 11.1 Å². The van der Waals surface area contributed by atoms with Gasteiger partial charge in [-0.1, -0.05) is 0 Å². The number of nitrogen functional groups attached to an aromatic ring is 1. The van der Waals surface area contributed by atoms with E-state index in [2.05, 4.69) is 20.4 Å². The molecule has 16 heavy (non-hydrogen) atoms. The van der Waals surface area contributed by atoms with Crippen molar-refractivity contribution >= 4 is 11.5 Å². The molecule has 0 aliphatic heterocycles. The second kappa shape index (κ2) is 4.26. The molecule has 0 bridgehead atoms. The van der Waals surface area contributed by atoms with Crippen molar-refractivity contribution in [1.82, 2.24) is 19.7 Å². The summed E-state index contributed by atoms with van der Waals surface area (Å²) in [4.78, 5) is 7.01. The summed E-state index contributed by atoms with van der Waals surface area (Å²) >= 11 is 0. The van der Waals surface area contributed by atoms with Crippen molar-refractivity contribution in [2.75, 3.05) is 17.6 Å². The standard InChI is InChI=1S/C10H16N6/c1-7-9(11)10(16(2)15-7)13-4-3-8-5-12-6-14-8/h5-6,13H,3-4,11H2,1-2H3,(H,12,14). The fourth-order valence-corrected chi connectivity index (χ4v) is 1.62. The number of aromatic amines is 1. The van der Waals surface area contributed by atoms with Crippen LogP contribution in [0.3, 0.4) is 0 Å². The Hall–Kier alpha value is -1.98. The van der Waals surface area contributed by atoms with Crippen LogP contribution in [0, 0.1) is 6.92 Å². The number of H-pyrrole nitrogens is 1. The molecular weight excluding hydrogens is 204 g/mol. The Balaban J connectivity index is 1.95. The van der Waals surface area contributed by atoms with E-state index in [4.69, 9.17) is 5.73 Å². The molecule has 0 amide bonds. The second-order valence-electron chi connectivity index (χ2n) is 3.72. The Morgan fingerprint density at radius 2 is 2.38 bits per heavy atom. The van der Waals surface area contributed by atoms with Gasteiger partial charge < -0.3 is 16.0 Å². The van der Waals surface area contributed by atoms with Gasteiger partial charge in [-0.3, -0.25) is 4.68 Å². The highest BCUT2D eigenvalue weighted by Gasteiger charge is 2.08. The van der Waals surface area contributed by atoms with Crippen LogP contribution in [0.1, 0.15) is 11.4 Å². The van der Waals surface area contributed by atoms with Gasteiger partial charge >= 0.3 is 0 Å². The zero-order valence-corrected chi connectivity index (χ0v) is 9.49. The summed E-state index contributed by atoms with van der Waals surface area (Å²) in [6, 6.07) is 0. The third-order valence-electron chi connectivity index (χ3n) is 2.51. The Kier molecular flexibility index (Phi) is 2.80. The third kappa shape index (κ3) is 2.00. The molecule has 0 unspecified atom stereocenters. The monoisotopic (exact) mass is 220 g/mol. The predicted octanol–water partition coefficient (Wildman–Crippen LogP) is 0.688. The average Bonchev–Trinajstić information content (AvgIpc) is 2.82. The lowest BCUT2D eigenvalue weighted by atomic mass is 10.3. The topological polar surface area (TPSA) is 84.5 Å². The molecule has 0 fully saturated rings. The summed E-state index contributed by atoms with van der Waals surface area (Å²) in [5.74, 6) is 0.872. The van der Waals surface area contributed by atoms with Crippen LogP contribution in [0.5, 0.6) is 0 Å². The van der Waals surface area contributed by atoms with Crippen LogP contribution in [-0.2, 0) is 13.5 Å². The van der Waals surface area contributed by atoms with Gasteiger partial charge in [-0.05, 0) is 6.92 Å². The normalized spacial score (nSPS) is 10.6. The first-order valence-electron chi connectivity index (χ1n) is 5.18. The van der Waals surface area contributed by atoms with E-state index in [0.29, 0.717) is 5.69 Å². The maximum absolute atomic E-state index is 5.90. The maximum Gasteiger partial charge on any atom is 0.147 e. The Labute approximate surface area is 93.9 Å². The SMILES string of the molecule is Cc1nn(C)c(NCCc2cnc[nH]2)c1N. The van der Waals surface area contributed by atoms with E-state index in [9.17, 15) is 0 Å². The van der Waals surface area contributed by atoms with E-state index in [1.54, 1.807) is 11.0 Å².